The standard InChI is InChI=1S/3C9H19.C5H5.Pt/c3*1-3-5-7-9-8-6-4-2;1-2-4-5-3-1;/h3*1,3-9H2,2H3;1-5H;/q4*-1;+4. The molecule has 1 heteroatoms. The molecule has 0 aliphatic carbocycles. The van der Waals surface area contributed by atoms with E-state index in [-0.39, 0.29) is 21.1 Å². The van der Waals surface area contributed by atoms with Gasteiger partial charge < -0.3 is 20.8 Å². The minimum absolute atomic E-state index is 0. The van der Waals surface area contributed by atoms with Crippen molar-refractivity contribution in [2.24, 2.45) is 0 Å². The van der Waals surface area contributed by atoms with Gasteiger partial charge in [0, 0.05) is 0 Å². The Hall–Kier alpha value is 0.0383. The van der Waals surface area contributed by atoms with E-state index in [4.69, 9.17) is 0 Å². The molecule has 0 fully saturated rings. The maximum Gasteiger partial charge on any atom is 4.00 e. The molecule has 0 aliphatic rings. The summed E-state index contributed by atoms with van der Waals surface area (Å²) in [4.78, 5) is 0. The van der Waals surface area contributed by atoms with Crippen LogP contribution in [0.2, 0.25) is 0 Å². The van der Waals surface area contributed by atoms with Crippen molar-refractivity contribution in [3.63, 3.8) is 0 Å². The minimum Gasteiger partial charge on any atom is -0.343 e. The molecule has 0 heterocycles. The van der Waals surface area contributed by atoms with Crippen LogP contribution in [0.3, 0.4) is 0 Å². The van der Waals surface area contributed by atoms with Gasteiger partial charge in [-0.3, -0.25) is 0 Å². The summed E-state index contributed by atoms with van der Waals surface area (Å²) >= 11 is 0. The van der Waals surface area contributed by atoms with E-state index < -0.39 is 0 Å². The van der Waals surface area contributed by atoms with Crippen molar-refractivity contribution in [2.45, 2.75) is 156 Å². The third-order valence-electron chi connectivity index (χ3n) is 5.37. The third kappa shape index (κ3) is 54.5. The first-order valence-corrected chi connectivity index (χ1v) is 14.3. The van der Waals surface area contributed by atoms with Crippen molar-refractivity contribution in [3.8, 4) is 0 Å². The molecular weight excluding hydrogens is 579 g/mol. The van der Waals surface area contributed by atoms with Crippen LogP contribution in [-0.2, 0) is 21.1 Å². The fourth-order valence-electron chi connectivity index (χ4n) is 3.19. The molecule has 0 bridgehead atoms. The monoisotopic (exact) mass is 641 g/mol. The fourth-order valence-corrected chi connectivity index (χ4v) is 3.19. The van der Waals surface area contributed by atoms with Crippen LogP contribution in [0, 0.1) is 20.8 Å². The second-order valence-corrected chi connectivity index (χ2v) is 8.83. The first-order valence-electron chi connectivity index (χ1n) is 14.3. The Morgan fingerprint density at radius 2 is 0.667 bits per heavy atom. The Morgan fingerprint density at radius 3 is 0.848 bits per heavy atom. The Kier molecular flexibility index (Phi) is 55.5. The summed E-state index contributed by atoms with van der Waals surface area (Å²) < 4.78 is 0. The van der Waals surface area contributed by atoms with Gasteiger partial charge in [-0.25, -0.2) is 12.1 Å². The van der Waals surface area contributed by atoms with Crippen molar-refractivity contribution in [2.75, 3.05) is 0 Å². The second kappa shape index (κ2) is 45.5. The Bertz CT molecular complexity index is 262. The van der Waals surface area contributed by atoms with Crippen molar-refractivity contribution < 1.29 is 21.1 Å². The van der Waals surface area contributed by atoms with E-state index in [1.54, 1.807) is 0 Å². The van der Waals surface area contributed by atoms with E-state index in [0.717, 1.165) is 19.3 Å². The zero-order valence-electron chi connectivity index (χ0n) is 23.2. The molecule has 0 atom stereocenters. The number of hydrogen-bond acceptors (Lipinski definition) is 0. The quantitative estimate of drug-likeness (QED) is 0.111. The van der Waals surface area contributed by atoms with Crippen LogP contribution >= 0.6 is 0 Å². The van der Waals surface area contributed by atoms with E-state index in [9.17, 15) is 0 Å². The molecule has 0 amide bonds. The number of unbranched alkanes of at least 4 members (excludes halogenated alkanes) is 18. The topological polar surface area (TPSA) is 0 Å². The largest absolute Gasteiger partial charge is 4.00 e. The molecule has 0 N–H and O–H groups in total. The van der Waals surface area contributed by atoms with Crippen LogP contribution in [0.15, 0.2) is 30.3 Å². The van der Waals surface area contributed by atoms with E-state index in [0.29, 0.717) is 0 Å². The molecule has 0 nitrogen and oxygen atoms in total. The summed E-state index contributed by atoms with van der Waals surface area (Å²) in [6.07, 6.45) is 28.3. The van der Waals surface area contributed by atoms with Gasteiger partial charge in [0.1, 0.15) is 0 Å². The predicted molar refractivity (Wildman–Crippen MR) is 152 cm³/mol. The van der Waals surface area contributed by atoms with Gasteiger partial charge in [0.25, 0.3) is 0 Å². The van der Waals surface area contributed by atoms with Gasteiger partial charge in [0.15, 0.2) is 0 Å². The van der Waals surface area contributed by atoms with Crippen LogP contribution in [0.25, 0.3) is 0 Å². The van der Waals surface area contributed by atoms with Crippen LogP contribution in [0.4, 0.5) is 0 Å². The van der Waals surface area contributed by atoms with Gasteiger partial charge in [-0.1, -0.05) is 136 Å². The third-order valence-corrected chi connectivity index (χ3v) is 5.37. The summed E-state index contributed by atoms with van der Waals surface area (Å²) in [6.45, 7) is 18.2. The van der Waals surface area contributed by atoms with Gasteiger partial charge in [-0.15, -0.1) is 0 Å². The molecule has 1 rings (SSSR count). The normalized spacial score (nSPS) is 9.39. The summed E-state index contributed by atoms with van der Waals surface area (Å²) in [5, 5.41) is 0. The van der Waals surface area contributed by atoms with Crippen molar-refractivity contribution >= 4 is 0 Å². The summed E-state index contributed by atoms with van der Waals surface area (Å²) in [7, 11) is 0. The van der Waals surface area contributed by atoms with Crippen LogP contribution in [0.1, 0.15) is 156 Å². The Labute approximate surface area is 227 Å². The molecule has 1 aromatic carbocycles. The molecule has 1 aromatic rings. The first-order chi connectivity index (χ1) is 15.7. The molecule has 200 valence electrons. The van der Waals surface area contributed by atoms with Crippen molar-refractivity contribution in [3.05, 3.63) is 51.1 Å². The molecule has 0 aliphatic heterocycles. The molecular formula is C32H62Pt. The summed E-state index contributed by atoms with van der Waals surface area (Å²) in [5.74, 6) is 0. The van der Waals surface area contributed by atoms with Gasteiger partial charge in [-0.05, 0) is 0 Å². The Morgan fingerprint density at radius 1 is 0.424 bits per heavy atom. The van der Waals surface area contributed by atoms with Crippen LogP contribution < -0.4 is 0 Å². The average Bonchev–Trinajstić information content (AvgIpc) is 3.40. The fraction of sp³-hybridized carbons (Fsp3) is 0.750. The number of rotatable bonds is 18. The predicted octanol–water partition coefficient (Wildman–Crippen LogP) is 12.1. The minimum atomic E-state index is 0. The van der Waals surface area contributed by atoms with Gasteiger partial charge in [-0.2, -0.15) is 37.5 Å². The van der Waals surface area contributed by atoms with Gasteiger partial charge >= 0.3 is 21.1 Å². The summed E-state index contributed by atoms with van der Waals surface area (Å²) in [6, 6.07) is 10.0. The van der Waals surface area contributed by atoms with Crippen molar-refractivity contribution in [1.29, 1.82) is 0 Å². The average molecular weight is 642 g/mol. The zero-order valence-corrected chi connectivity index (χ0v) is 25.4. The van der Waals surface area contributed by atoms with Crippen molar-refractivity contribution in [1.82, 2.24) is 0 Å². The molecule has 33 heavy (non-hydrogen) atoms. The molecule has 0 saturated heterocycles. The SMILES string of the molecule is [CH2-]CCCCCCCC.[CH2-]CCCCCCCC.[CH2-]CCCCCCCC.[Pt+4].c1cc[cH-]c1. The molecule has 0 unspecified atom stereocenters. The van der Waals surface area contributed by atoms with E-state index in [2.05, 4.69) is 41.5 Å². The molecule has 0 spiro atoms. The zero-order chi connectivity index (χ0) is 24.4. The van der Waals surface area contributed by atoms with Gasteiger partial charge in [0.05, 0.1) is 0 Å². The second-order valence-electron chi connectivity index (χ2n) is 8.83. The summed E-state index contributed by atoms with van der Waals surface area (Å²) in [5.41, 5.74) is 0. The maximum absolute atomic E-state index is 3.80. The van der Waals surface area contributed by atoms with E-state index in [1.807, 2.05) is 30.3 Å². The molecule has 0 radical (unpaired) electrons. The molecule has 0 saturated carbocycles. The molecule has 0 aromatic heterocycles. The van der Waals surface area contributed by atoms with E-state index >= 15 is 0 Å². The number of hydrogen-bond donors (Lipinski definition) is 0. The smallest absolute Gasteiger partial charge is 0.343 e. The Balaban J connectivity index is -0.000000171. The maximum atomic E-state index is 3.80. The first kappa shape index (κ1) is 40.2. The van der Waals surface area contributed by atoms with Crippen LogP contribution in [0.5, 0.6) is 0 Å². The van der Waals surface area contributed by atoms with E-state index in [1.165, 1.54) is 116 Å². The van der Waals surface area contributed by atoms with Gasteiger partial charge in [0.2, 0.25) is 0 Å². The van der Waals surface area contributed by atoms with Crippen LogP contribution in [-0.4, -0.2) is 0 Å².